The van der Waals surface area contributed by atoms with Crippen LogP contribution in [0, 0.1) is 13.8 Å². The van der Waals surface area contributed by atoms with Gasteiger partial charge in [0.15, 0.2) is 0 Å². The molecule has 1 fully saturated rings. The number of hydrogen-bond acceptors (Lipinski definition) is 4. The van der Waals surface area contributed by atoms with E-state index in [2.05, 4.69) is 47.0 Å². The fourth-order valence-corrected chi connectivity index (χ4v) is 3.11. The minimum Gasteiger partial charge on any atom is -0.352 e. The van der Waals surface area contributed by atoms with Crippen molar-refractivity contribution in [2.75, 3.05) is 18.0 Å². The number of nitrogens with zero attached hydrogens (tertiary/aromatic N) is 3. The van der Waals surface area contributed by atoms with Crippen molar-refractivity contribution in [1.82, 2.24) is 15.3 Å². The summed E-state index contributed by atoms with van der Waals surface area (Å²) in [6.07, 6.45) is 5.02. The maximum absolute atomic E-state index is 4.66. The maximum atomic E-state index is 4.66. The third kappa shape index (κ3) is 3.69. The lowest BCUT2D eigenvalue weighted by atomic mass is 9.96. The van der Waals surface area contributed by atoms with Gasteiger partial charge < -0.3 is 10.2 Å². The minimum atomic E-state index is 0.505. The predicted molar refractivity (Wildman–Crippen MR) is 84.2 cm³/mol. The van der Waals surface area contributed by atoms with Gasteiger partial charge in [0, 0.05) is 30.4 Å². The van der Waals surface area contributed by atoms with E-state index in [0.717, 1.165) is 30.4 Å². The van der Waals surface area contributed by atoms with E-state index < -0.39 is 0 Å². The number of aryl methyl sites for hydroxylation is 2. The van der Waals surface area contributed by atoms with Crippen LogP contribution in [0.1, 0.15) is 51.0 Å². The highest BCUT2D eigenvalue weighted by molar-refractivity contribution is 5.42. The molecule has 2 unspecified atom stereocenters. The van der Waals surface area contributed by atoms with Crippen molar-refractivity contribution in [1.29, 1.82) is 0 Å². The van der Waals surface area contributed by atoms with Crippen molar-refractivity contribution >= 4 is 5.82 Å². The van der Waals surface area contributed by atoms with E-state index in [1.165, 1.54) is 25.7 Å². The first-order valence-corrected chi connectivity index (χ1v) is 7.94. The van der Waals surface area contributed by atoms with Crippen LogP contribution in [-0.2, 0) is 0 Å². The fraction of sp³-hybridized carbons (Fsp3) is 0.750. The highest BCUT2D eigenvalue weighted by Crippen LogP contribution is 2.25. The van der Waals surface area contributed by atoms with Gasteiger partial charge in [-0.3, -0.25) is 0 Å². The lowest BCUT2D eigenvalue weighted by Crippen LogP contribution is -2.51. The summed E-state index contributed by atoms with van der Waals surface area (Å²) in [6, 6.07) is 3.17. The van der Waals surface area contributed by atoms with Gasteiger partial charge in [-0.15, -0.1) is 0 Å². The predicted octanol–water partition coefficient (Wildman–Crippen LogP) is 2.84. The van der Waals surface area contributed by atoms with Gasteiger partial charge in [-0.25, -0.2) is 9.97 Å². The van der Waals surface area contributed by atoms with E-state index in [-0.39, 0.29) is 0 Å². The van der Waals surface area contributed by atoms with Crippen molar-refractivity contribution in [2.45, 2.75) is 65.5 Å². The van der Waals surface area contributed by atoms with Crippen molar-refractivity contribution in [3.05, 3.63) is 17.6 Å². The highest BCUT2D eigenvalue weighted by Gasteiger charge is 2.28. The van der Waals surface area contributed by atoms with Crippen LogP contribution < -0.4 is 10.2 Å². The smallest absolute Gasteiger partial charge is 0.132 e. The van der Waals surface area contributed by atoms with Gasteiger partial charge in [0.2, 0.25) is 0 Å². The molecule has 2 rings (SSSR count). The molecule has 4 heteroatoms. The summed E-state index contributed by atoms with van der Waals surface area (Å²) in [5, 5.41) is 3.65. The summed E-state index contributed by atoms with van der Waals surface area (Å²) < 4.78 is 0. The molecule has 2 heterocycles. The van der Waals surface area contributed by atoms with Crippen LogP contribution in [0.3, 0.4) is 0 Å². The van der Waals surface area contributed by atoms with Crippen LogP contribution in [0.15, 0.2) is 6.07 Å². The zero-order chi connectivity index (χ0) is 14.5. The summed E-state index contributed by atoms with van der Waals surface area (Å²) in [4.78, 5) is 11.5. The molecule has 0 amide bonds. The molecule has 0 aliphatic carbocycles. The second-order valence-corrected chi connectivity index (χ2v) is 5.91. The number of rotatable bonds is 5. The molecule has 0 aromatic carbocycles. The number of piperidine rings is 1. The van der Waals surface area contributed by atoms with Gasteiger partial charge in [-0.05, 0) is 53.0 Å². The summed E-state index contributed by atoms with van der Waals surface area (Å²) in [6.45, 7) is 10.8. The van der Waals surface area contributed by atoms with Gasteiger partial charge in [0.25, 0.3) is 0 Å². The molecular formula is C16H28N4. The second-order valence-electron chi connectivity index (χ2n) is 5.91. The van der Waals surface area contributed by atoms with E-state index in [1.54, 1.807) is 0 Å². The third-order valence-electron chi connectivity index (χ3n) is 4.09. The maximum Gasteiger partial charge on any atom is 0.132 e. The van der Waals surface area contributed by atoms with E-state index >= 15 is 0 Å². The molecule has 1 saturated heterocycles. The van der Waals surface area contributed by atoms with Crippen LogP contribution >= 0.6 is 0 Å². The van der Waals surface area contributed by atoms with Gasteiger partial charge >= 0.3 is 0 Å². The fourth-order valence-electron chi connectivity index (χ4n) is 3.11. The summed E-state index contributed by atoms with van der Waals surface area (Å²) >= 11 is 0. The Balaban J connectivity index is 2.17. The Kier molecular flexibility index (Phi) is 5.35. The normalized spacial score (nSPS) is 21.0. The van der Waals surface area contributed by atoms with Gasteiger partial charge in [-0.2, -0.15) is 0 Å². The third-order valence-corrected chi connectivity index (χ3v) is 4.09. The van der Waals surface area contributed by atoms with Crippen LogP contribution in [0.4, 0.5) is 5.82 Å². The first-order valence-electron chi connectivity index (χ1n) is 7.94. The van der Waals surface area contributed by atoms with Gasteiger partial charge in [0.05, 0.1) is 0 Å². The topological polar surface area (TPSA) is 41.0 Å². The largest absolute Gasteiger partial charge is 0.352 e. The van der Waals surface area contributed by atoms with Crippen molar-refractivity contribution < 1.29 is 0 Å². The monoisotopic (exact) mass is 276 g/mol. The molecular weight excluding hydrogens is 248 g/mol. The number of anilines is 1. The summed E-state index contributed by atoms with van der Waals surface area (Å²) in [5.41, 5.74) is 1.06. The Labute approximate surface area is 123 Å². The summed E-state index contributed by atoms with van der Waals surface area (Å²) in [7, 11) is 0. The summed E-state index contributed by atoms with van der Waals surface area (Å²) in [5.74, 6) is 1.98. The molecule has 112 valence electrons. The molecule has 1 aliphatic heterocycles. The van der Waals surface area contributed by atoms with E-state index in [0.29, 0.717) is 12.1 Å². The molecule has 1 N–H and O–H groups in total. The van der Waals surface area contributed by atoms with Crippen LogP contribution in [-0.4, -0.2) is 35.1 Å². The van der Waals surface area contributed by atoms with Crippen LogP contribution in [0.5, 0.6) is 0 Å². The first-order chi connectivity index (χ1) is 9.61. The van der Waals surface area contributed by atoms with Crippen LogP contribution in [0.2, 0.25) is 0 Å². The molecule has 1 aromatic rings. The lowest BCUT2D eigenvalue weighted by Gasteiger charge is -2.40. The van der Waals surface area contributed by atoms with E-state index in [4.69, 9.17) is 0 Å². The van der Waals surface area contributed by atoms with Crippen molar-refractivity contribution in [3.63, 3.8) is 0 Å². The average Bonchev–Trinajstić information content (AvgIpc) is 2.43. The number of nitrogens with one attached hydrogen (secondary N) is 1. The van der Waals surface area contributed by atoms with Crippen molar-refractivity contribution in [2.24, 2.45) is 0 Å². The molecule has 4 nitrogen and oxygen atoms in total. The number of hydrogen-bond donors (Lipinski definition) is 1. The Hall–Kier alpha value is -1.16. The average molecular weight is 276 g/mol. The highest BCUT2D eigenvalue weighted by atomic mass is 15.2. The Morgan fingerprint density at radius 3 is 2.85 bits per heavy atom. The molecule has 2 atom stereocenters. The van der Waals surface area contributed by atoms with E-state index in [9.17, 15) is 0 Å². The zero-order valence-electron chi connectivity index (χ0n) is 13.3. The quantitative estimate of drug-likeness (QED) is 0.898. The lowest BCUT2D eigenvalue weighted by molar-refractivity contribution is 0.366. The minimum absolute atomic E-state index is 0.505. The SMILES string of the molecule is CCCNC(C)C1CCCCN1c1cc(C)nc(C)n1. The van der Waals surface area contributed by atoms with E-state index in [1.807, 2.05) is 6.92 Å². The molecule has 0 saturated carbocycles. The second kappa shape index (κ2) is 7.02. The van der Waals surface area contributed by atoms with Crippen LogP contribution in [0.25, 0.3) is 0 Å². The molecule has 1 aliphatic rings. The Morgan fingerprint density at radius 2 is 2.15 bits per heavy atom. The molecule has 0 spiro atoms. The standard InChI is InChI=1S/C16H28N4/c1-5-9-17-13(3)15-8-6-7-10-20(15)16-11-12(2)18-14(4)19-16/h11,13,15,17H,5-10H2,1-4H3. The molecule has 20 heavy (non-hydrogen) atoms. The van der Waals surface area contributed by atoms with Gasteiger partial charge in [-0.1, -0.05) is 6.92 Å². The molecule has 0 radical (unpaired) electrons. The zero-order valence-corrected chi connectivity index (χ0v) is 13.3. The van der Waals surface area contributed by atoms with Gasteiger partial charge in [0.1, 0.15) is 11.6 Å². The molecule has 1 aromatic heterocycles. The Bertz CT molecular complexity index is 412. The Morgan fingerprint density at radius 1 is 1.35 bits per heavy atom. The molecule has 0 bridgehead atoms. The number of aromatic nitrogens is 2. The van der Waals surface area contributed by atoms with Crippen molar-refractivity contribution in [3.8, 4) is 0 Å². The first kappa shape index (κ1) is 15.2.